The summed E-state index contributed by atoms with van der Waals surface area (Å²) in [6.45, 7) is 2.01. The third-order valence-corrected chi connectivity index (χ3v) is 3.85. The molecular formula is C16H15NO4. The summed E-state index contributed by atoms with van der Waals surface area (Å²) < 4.78 is 4.93. The summed E-state index contributed by atoms with van der Waals surface area (Å²) in [5, 5.41) is 0. The Morgan fingerprint density at radius 1 is 1.24 bits per heavy atom. The van der Waals surface area contributed by atoms with Gasteiger partial charge in [0, 0.05) is 5.57 Å². The van der Waals surface area contributed by atoms with Crippen molar-refractivity contribution in [3.05, 3.63) is 42.0 Å². The molecule has 108 valence electrons. The highest BCUT2D eigenvalue weighted by Gasteiger charge is 2.51. The van der Waals surface area contributed by atoms with E-state index in [1.54, 1.807) is 37.3 Å². The molecule has 0 saturated carbocycles. The van der Waals surface area contributed by atoms with E-state index in [0.717, 1.165) is 0 Å². The lowest BCUT2D eigenvalue weighted by molar-refractivity contribution is -0.138. The van der Waals surface area contributed by atoms with Gasteiger partial charge < -0.3 is 4.74 Å². The molecule has 1 heterocycles. The maximum Gasteiger partial charge on any atom is 0.333 e. The molecule has 1 aromatic rings. The lowest BCUT2D eigenvalue weighted by Gasteiger charge is -2.15. The van der Waals surface area contributed by atoms with Gasteiger partial charge in [-0.1, -0.05) is 24.3 Å². The quantitative estimate of drug-likeness (QED) is 0.626. The van der Waals surface area contributed by atoms with E-state index in [2.05, 4.69) is 0 Å². The molecule has 21 heavy (non-hydrogen) atoms. The van der Waals surface area contributed by atoms with Gasteiger partial charge in [0.25, 0.3) is 0 Å². The lowest BCUT2D eigenvalue weighted by Crippen LogP contribution is -2.31. The lowest BCUT2D eigenvalue weighted by atomic mass is 9.98. The summed E-state index contributed by atoms with van der Waals surface area (Å²) in [5.41, 5.74) is 1.01. The van der Waals surface area contributed by atoms with Gasteiger partial charge in [-0.3, -0.25) is 9.59 Å². The first-order chi connectivity index (χ1) is 10.1. The Morgan fingerprint density at radius 2 is 1.95 bits per heavy atom. The normalized spacial score (nSPS) is 24.0. The molecule has 0 radical (unpaired) electrons. The zero-order valence-electron chi connectivity index (χ0n) is 11.6. The van der Waals surface area contributed by atoms with Gasteiger partial charge in [0.1, 0.15) is 0 Å². The van der Waals surface area contributed by atoms with E-state index in [1.165, 1.54) is 4.90 Å². The van der Waals surface area contributed by atoms with E-state index in [4.69, 9.17) is 4.74 Å². The number of ether oxygens (including phenoxy) is 1. The van der Waals surface area contributed by atoms with Crippen molar-refractivity contribution in [3.8, 4) is 0 Å². The maximum atomic E-state index is 12.4. The Bertz CT molecular complexity index is 635. The van der Waals surface area contributed by atoms with Crippen LogP contribution < -0.4 is 4.90 Å². The van der Waals surface area contributed by atoms with Crippen LogP contribution in [-0.4, -0.2) is 24.4 Å². The molecule has 0 N–H and O–H groups in total. The van der Waals surface area contributed by atoms with Crippen LogP contribution in [-0.2, 0) is 19.1 Å². The number of hydrogen-bond acceptors (Lipinski definition) is 4. The van der Waals surface area contributed by atoms with Gasteiger partial charge in [0.2, 0.25) is 11.8 Å². The Morgan fingerprint density at radius 3 is 2.57 bits per heavy atom. The number of esters is 1. The smallest absolute Gasteiger partial charge is 0.333 e. The Hall–Kier alpha value is -2.43. The van der Waals surface area contributed by atoms with E-state index in [1.807, 2.05) is 6.07 Å². The molecule has 5 nitrogen and oxygen atoms in total. The first-order valence-corrected chi connectivity index (χ1v) is 6.94. The number of benzene rings is 1. The number of fused-ring (bicyclic) bond motifs is 1. The molecule has 2 atom stereocenters. The predicted molar refractivity (Wildman–Crippen MR) is 75.2 cm³/mol. The van der Waals surface area contributed by atoms with Gasteiger partial charge in [-0.15, -0.1) is 0 Å². The molecule has 0 unspecified atom stereocenters. The predicted octanol–water partition coefficient (Wildman–Crippen LogP) is 1.69. The van der Waals surface area contributed by atoms with Crippen molar-refractivity contribution >= 4 is 23.5 Å². The van der Waals surface area contributed by atoms with Crippen molar-refractivity contribution in [1.82, 2.24) is 0 Å². The van der Waals surface area contributed by atoms with Crippen LogP contribution in [0.4, 0.5) is 5.69 Å². The number of nitrogens with zero attached hydrogens (tertiary/aromatic N) is 1. The molecule has 3 rings (SSSR count). The van der Waals surface area contributed by atoms with E-state index in [9.17, 15) is 14.4 Å². The van der Waals surface area contributed by atoms with Crippen molar-refractivity contribution < 1.29 is 19.1 Å². The summed E-state index contributed by atoms with van der Waals surface area (Å²) in [7, 11) is 0. The summed E-state index contributed by atoms with van der Waals surface area (Å²) in [6, 6.07) is 8.85. The van der Waals surface area contributed by atoms with Crippen LogP contribution in [0.1, 0.15) is 13.3 Å². The fraction of sp³-hybridized carbons (Fsp3) is 0.312. The monoisotopic (exact) mass is 285 g/mol. The van der Waals surface area contributed by atoms with Crippen LogP contribution in [0.2, 0.25) is 0 Å². The van der Waals surface area contributed by atoms with Crippen LogP contribution in [0.5, 0.6) is 0 Å². The molecule has 1 fully saturated rings. The minimum atomic E-state index is -0.544. The summed E-state index contributed by atoms with van der Waals surface area (Å²) in [6.07, 6.45) is 1.86. The second kappa shape index (κ2) is 5.16. The minimum absolute atomic E-state index is 0.244. The molecule has 2 aliphatic rings. The third kappa shape index (κ3) is 2.14. The fourth-order valence-electron chi connectivity index (χ4n) is 2.88. The molecule has 1 aromatic carbocycles. The van der Waals surface area contributed by atoms with Crippen LogP contribution in [0.15, 0.2) is 42.0 Å². The highest BCUT2D eigenvalue weighted by molar-refractivity contribution is 6.23. The highest BCUT2D eigenvalue weighted by Crippen LogP contribution is 2.40. The van der Waals surface area contributed by atoms with Crippen molar-refractivity contribution in [2.45, 2.75) is 13.3 Å². The molecule has 0 aromatic heterocycles. The first kappa shape index (κ1) is 13.5. The van der Waals surface area contributed by atoms with Gasteiger partial charge in [-0.2, -0.15) is 0 Å². The van der Waals surface area contributed by atoms with Crippen LogP contribution >= 0.6 is 0 Å². The number of carbonyl (C=O) groups is 3. The second-order valence-electron chi connectivity index (χ2n) is 5.10. The average molecular weight is 285 g/mol. The average Bonchev–Trinajstić information content (AvgIpc) is 3.02. The van der Waals surface area contributed by atoms with Gasteiger partial charge in [0.05, 0.1) is 24.1 Å². The van der Waals surface area contributed by atoms with Crippen molar-refractivity contribution in [2.24, 2.45) is 11.8 Å². The van der Waals surface area contributed by atoms with E-state index >= 15 is 0 Å². The number of rotatable bonds is 3. The molecule has 0 spiro atoms. The van der Waals surface area contributed by atoms with Crippen LogP contribution in [0, 0.1) is 11.8 Å². The van der Waals surface area contributed by atoms with Crippen molar-refractivity contribution in [3.63, 3.8) is 0 Å². The molecule has 5 heteroatoms. The zero-order chi connectivity index (χ0) is 15.0. The van der Waals surface area contributed by atoms with Crippen molar-refractivity contribution in [2.75, 3.05) is 11.5 Å². The number of imide groups is 1. The van der Waals surface area contributed by atoms with Crippen LogP contribution in [0.3, 0.4) is 0 Å². The molecular weight excluding hydrogens is 270 g/mol. The number of amides is 2. The van der Waals surface area contributed by atoms with Gasteiger partial charge >= 0.3 is 5.97 Å². The Labute approximate surface area is 122 Å². The topological polar surface area (TPSA) is 63.7 Å². The number of hydrogen-bond donors (Lipinski definition) is 0. The summed E-state index contributed by atoms with van der Waals surface area (Å²) >= 11 is 0. The molecule has 1 saturated heterocycles. The summed E-state index contributed by atoms with van der Waals surface area (Å²) in [4.78, 5) is 37.8. The van der Waals surface area contributed by atoms with E-state index in [-0.39, 0.29) is 24.8 Å². The van der Waals surface area contributed by atoms with Gasteiger partial charge in [-0.25, -0.2) is 9.69 Å². The fourth-order valence-corrected chi connectivity index (χ4v) is 2.88. The highest BCUT2D eigenvalue weighted by atomic mass is 16.5. The Kier molecular flexibility index (Phi) is 3.33. The number of carbonyl (C=O) groups excluding carboxylic acids is 3. The standard InChI is InChI=1S/C16H15NO4/c1-2-21-16(20)10-8-12-13(9-10)15(19)17(14(12)18)11-6-4-3-5-7-11/h3-8,12-13H,2,9H2,1H3/t12-,13+/m1/s1. The zero-order valence-corrected chi connectivity index (χ0v) is 11.6. The second-order valence-corrected chi connectivity index (χ2v) is 5.10. The van der Waals surface area contributed by atoms with E-state index < -0.39 is 17.8 Å². The largest absolute Gasteiger partial charge is 0.463 e. The number of para-hydroxylation sites is 1. The molecule has 1 aliphatic heterocycles. The SMILES string of the molecule is CCOC(=O)C1=C[C@H]2C(=O)N(c3ccccc3)C(=O)[C@H]2C1. The number of anilines is 1. The maximum absolute atomic E-state index is 12.4. The van der Waals surface area contributed by atoms with Crippen LogP contribution in [0.25, 0.3) is 0 Å². The van der Waals surface area contributed by atoms with Crippen molar-refractivity contribution in [1.29, 1.82) is 0 Å². The molecule has 2 amide bonds. The van der Waals surface area contributed by atoms with E-state index in [0.29, 0.717) is 11.3 Å². The van der Waals surface area contributed by atoms with Gasteiger partial charge in [-0.05, 0) is 25.5 Å². The molecule has 0 bridgehead atoms. The third-order valence-electron chi connectivity index (χ3n) is 3.85. The first-order valence-electron chi connectivity index (χ1n) is 6.94. The van der Waals surface area contributed by atoms with Gasteiger partial charge in [0.15, 0.2) is 0 Å². The molecule has 1 aliphatic carbocycles. The summed E-state index contributed by atoms with van der Waals surface area (Å²) in [5.74, 6) is -1.96. The Balaban J connectivity index is 1.86. The minimum Gasteiger partial charge on any atom is -0.463 e.